The average molecular weight is 465 g/mol. The fourth-order valence-electron chi connectivity index (χ4n) is 5.10. The van der Waals surface area contributed by atoms with Crippen LogP contribution < -0.4 is 5.32 Å². The van der Waals surface area contributed by atoms with Crippen LogP contribution in [0.1, 0.15) is 53.6 Å². The van der Waals surface area contributed by atoms with Crippen molar-refractivity contribution in [1.82, 2.24) is 15.1 Å². The zero-order chi connectivity index (χ0) is 24.1. The lowest BCUT2D eigenvalue weighted by molar-refractivity contribution is -0.385. The molecule has 1 N–H and O–H groups in total. The van der Waals surface area contributed by atoms with Crippen LogP contribution >= 0.6 is 0 Å². The highest BCUT2D eigenvalue weighted by Crippen LogP contribution is 2.24. The molecule has 2 amide bonds. The van der Waals surface area contributed by atoms with Crippen LogP contribution in [0.5, 0.6) is 0 Å². The highest BCUT2D eigenvalue weighted by atomic mass is 16.6. The van der Waals surface area contributed by atoms with E-state index in [0.29, 0.717) is 30.6 Å². The first-order valence-electron chi connectivity index (χ1n) is 12.1. The van der Waals surface area contributed by atoms with E-state index in [1.54, 1.807) is 11.8 Å². The molecule has 2 heterocycles. The van der Waals surface area contributed by atoms with Crippen LogP contribution in [-0.4, -0.2) is 58.3 Å². The van der Waals surface area contributed by atoms with Gasteiger partial charge in [-0.05, 0) is 56.8 Å². The molecule has 0 aromatic heterocycles. The van der Waals surface area contributed by atoms with Crippen molar-refractivity contribution in [3.63, 3.8) is 0 Å². The summed E-state index contributed by atoms with van der Waals surface area (Å²) in [5, 5.41) is 14.2. The number of carbonyl (C=O) groups is 2. The van der Waals surface area contributed by atoms with E-state index in [4.69, 9.17) is 0 Å². The maximum Gasteiger partial charge on any atom is 0.272 e. The van der Waals surface area contributed by atoms with E-state index in [1.165, 1.54) is 23.8 Å². The van der Waals surface area contributed by atoms with Gasteiger partial charge in [0, 0.05) is 42.9 Å². The van der Waals surface area contributed by atoms with Gasteiger partial charge in [-0.25, -0.2) is 0 Å². The summed E-state index contributed by atoms with van der Waals surface area (Å²) >= 11 is 0. The Hall–Kier alpha value is -3.26. The Morgan fingerprint density at radius 2 is 1.85 bits per heavy atom. The highest BCUT2D eigenvalue weighted by Gasteiger charge is 2.35. The van der Waals surface area contributed by atoms with Crippen LogP contribution in [0.2, 0.25) is 0 Å². The first-order valence-corrected chi connectivity index (χ1v) is 12.1. The first-order chi connectivity index (χ1) is 16.4. The molecule has 180 valence electrons. The van der Waals surface area contributed by atoms with Crippen molar-refractivity contribution in [2.45, 2.75) is 57.7 Å². The molecule has 0 spiro atoms. The fourth-order valence-corrected chi connectivity index (χ4v) is 5.10. The van der Waals surface area contributed by atoms with Gasteiger partial charge in [-0.3, -0.25) is 24.6 Å². The maximum absolute atomic E-state index is 13.1. The van der Waals surface area contributed by atoms with Gasteiger partial charge in [0.1, 0.15) is 6.04 Å². The predicted octanol–water partition coefficient (Wildman–Crippen LogP) is 3.68. The van der Waals surface area contributed by atoms with Crippen LogP contribution in [0.3, 0.4) is 0 Å². The summed E-state index contributed by atoms with van der Waals surface area (Å²) in [7, 11) is 0. The summed E-state index contributed by atoms with van der Waals surface area (Å²) in [5.41, 5.74) is 2.07. The second-order valence-corrected chi connectivity index (χ2v) is 9.27. The Balaban J connectivity index is 1.37. The topological polar surface area (TPSA) is 95.8 Å². The molecule has 4 rings (SSSR count). The third kappa shape index (κ3) is 5.44. The van der Waals surface area contributed by atoms with E-state index in [-0.39, 0.29) is 23.5 Å². The van der Waals surface area contributed by atoms with Gasteiger partial charge in [0.2, 0.25) is 5.91 Å². The van der Waals surface area contributed by atoms with Gasteiger partial charge in [0.25, 0.3) is 11.6 Å². The van der Waals surface area contributed by atoms with E-state index in [0.717, 1.165) is 38.8 Å². The molecule has 2 unspecified atom stereocenters. The molecule has 2 atom stereocenters. The number of rotatable bonds is 7. The number of nitrogens with one attached hydrogen (secondary N) is 1. The van der Waals surface area contributed by atoms with E-state index in [9.17, 15) is 19.7 Å². The summed E-state index contributed by atoms with van der Waals surface area (Å²) in [6, 6.07) is 14.5. The van der Waals surface area contributed by atoms with E-state index in [1.807, 2.05) is 18.2 Å². The minimum atomic E-state index is -0.505. The van der Waals surface area contributed by atoms with Crippen molar-refractivity contribution < 1.29 is 14.5 Å². The van der Waals surface area contributed by atoms with E-state index < -0.39 is 11.0 Å². The molecule has 2 aliphatic rings. The second-order valence-electron chi connectivity index (χ2n) is 9.27. The Kier molecular flexibility index (Phi) is 7.57. The molecule has 2 aromatic rings. The molecular formula is C26H32N4O4. The maximum atomic E-state index is 13.1. The molecule has 2 aliphatic heterocycles. The Bertz CT molecular complexity index is 1040. The van der Waals surface area contributed by atoms with Crippen LogP contribution in [0, 0.1) is 17.0 Å². The molecule has 0 radical (unpaired) electrons. The quantitative estimate of drug-likeness (QED) is 0.498. The summed E-state index contributed by atoms with van der Waals surface area (Å²) in [5.74, 6) is -0.367. The Morgan fingerprint density at radius 3 is 2.59 bits per heavy atom. The first kappa shape index (κ1) is 23.9. The van der Waals surface area contributed by atoms with Crippen molar-refractivity contribution in [3.05, 3.63) is 75.3 Å². The second kappa shape index (κ2) is 10.8. The summed E-state index contributed by atoms with van der Waals surface area (Å²) in [6.45, 7) is 4.59. The summed E-state index contributed by atoms with van der Waals surface area (Å²) in [6.07, 6.45) is 4.75. The zero-order valence-corrected chi connectivity index (χ0v) is 19.6. The number of nitro groups is 1. The lowest BCUT2D eigenvalue weighted by atomic mass is 10.0. The minimum Gasteiger partial charge on any atom is -0.353 e. The molecule has 2 saturated heterocycles. The van der Waals surface area contributed by atoms with Gasteiger partial charge in [-0.2, -0.15) is 0 Å². The number of carbonyl (C=O) groups excluding carboxylic acids is 2. The summed E-state index contributed by atoms with van der Waals surface area (Å²) in [4.78, 5) is 40.9. The van der Waals surface area contributed by atoms with Crippen molar-refractivity contribution in [3.8, 4) is 0 Å². The van der Waals surface area contributed by atoms with Crippen molar-refractivity contribution in [2.24, 2.45) is 0 Å². The van der Waals surface area contributed by atoms with Gasteiger partial charge >= 0.3 is 0 Å². The molecule has 8 nitrogen and oxygen atoms in total. The Labute approximate surface area is 200 Å². The monoisotopic (exact) mass is 464 g/mol. The SMILES string of the molecule is Cc1cc(C(=O)N2CCCC2C(=O)NCC2CCCCN2Cc2ccccc2)ccc1[N+](=O)[O-]. The molecule has 0 saturated carbocycles. The number of amides is 2. The number of likely N-dealkylation sites (tertiary alicyclic amines) is 2. The van der Waals surface area contributed by atoms with Gasteiger partial charge in [0.05, 0.1) is 4.92 Å². The molecule has 34 heavy (non-hydrogen) atoms. The molecular weight excluding hydrogens is 432 g/mol. The van der Waals surface area contributed by atoms with Gasteiger partial charge < -0.3 is 10.2 Å². The van der Waals surface area contributed by atoms with Crippen LogP contribution in [0.25, 0.3) is 0 Å². The highest BCUT2D eigenvalue weighted by molar-refractivity contribution is 5.98. The number of piperidine rings is 1. The third-order valence-electron chi connectivity index (χ3n) is 6.95. The van der Waals surface area contributed by atoms with Gasteiger partial charge in [0.15, 0.2) is 0 Å². The number of aryl methyl sites for hydroxylation is 1. The number of hydrogen-bond donors (Lipinski definition) is 1. The largest absolute Gasteiger partial charge is 0.353 e. The molecule has 0 aliphatic carbocycles. The predicted molar refractivity (Wildman–Crippen MR) is 129 cm³/mol. The number of nitro benzene ring substituents is 1. The molecule has 0 bridgehead atoms. The molecule has 2 fully saturated rings. The van der Waals surface area contributed by atoms with E-state index in [2.05, 4.69) is 22.3 Å². The normalized spacial score (nSPS) is 20.8. The Morgan fingerprint density at radius 1 is 1.06 bits per heavy atom. The number of benzene rings is 2. The van der Waals surface area contributed by atoms with E-state index >= 15 is 0 Å². The van der Waals surface area contributed by atoms with Gasteiger partial charge in [-0.15, -0.1) is 0 Å². The minimum absolute atomic E-state index is 0.0141. The standard InChI is InChI=1S/C26H32N4O4/c1-19-16-21(12-13-23(19)30(33)34)26(32)29-15-7-11-24(29)25(31)27-17-22-10-5-6-14-28(22)18-20-8-3-2-4-9-20/h2-4,8-9,12-13,16,22,24H,5-7,10-11,14-15,17-18H2,1H3,(H,27,31). The number of nitrogens with zero attached hydrogens (tertiary/aromatic N) is 3. The number of hydrogen-bond acceptors (Lipinski definition) is 5. The lowest BCUT2D eigenvalue weighted by Gasteiger charge is -2.36. The molecule has 2 aromatic carbocycles. The summed E-state index contributed by atoms with van der Waals surface area (Å²) < 4.78 is 0. The van der Waals surface area contributed by atoms with Crippen molar-refractivity contribution in [2.75, 3.05) is 19.6 Å². The lowest BCUT2D eigenvalue weighted by Crippen LogP contribution is -2.51. The third-order valence-corrected chi connectivity index (χ3v) is 6.95. The molecule has 8 heteroatoms. The van der Waals surface area contributed by atoms with Crippen molar-refractivity contribution in [1.29, 1.82) is 0 Å². The van der Waals surface area contributed by atoms with Gasteiger partial charge in [-0.1, -0.05) is 36.8 Å². The van der Waals surface area contributed by atoms with Crippen LogP contribution in [0.4, 0.5) is 5.69 Å². The van der Waals surface area contributed by atoms with Crippen LogP contribution in [0.15, 0.2) is 48.5 Å². The van der Waals surface area contributed by atoms with Crippen molar-refractivity contribution >= 4 is 17.5 Å². The average Bonchev–Trinajstić information content (AvgIpc) is 3.33. The zero-order valence-electron chi connectivity index (χ0n) is 19.6. The van der Waals surface area contributed by atoms with Crippen LogP contribution in [-0.2, 0) is 11.3 Å². The smallest absolute Gasteiger partial charge is 0.272 e. The fraction of sp³-hybridized carbons (Fsp3) is 0.462.